The Morgan fingerprint density at radius 2 is 1.90 bits per heavy atom. The smallest absolute Gasteiger partial charge is 0.308 e. The molecule has 1 saturated carbocycles. The van der Waals surface area contributed by atoms with Crippen molar-refractivity contribution in [1.82, 2.24) is 5.32 Å². The maximum atomic E-state index is 12.5. The van der Waals surface area contributed by atoms with Crippen LogP contribution in [0.3, 0.4) is 0 Å². The Hall–Kier alpha value is -1.22. The molecule has 1 aliphatic carbocycles. The summed E-state index contributed by atoms with van der Waals surface area (Å²) < 4.78 is 18.2. The van der Waals surface area contributed by atoms with Crippen LogP contribution in [0, 0.1) is 23.7 Å². The summed E-state index contributed by atoms with van der Waals surface area (Å²) in [4.78, 5) is 36.4. The predicted molar refractivity (Wildman–Crippen MR) is 110 cm³/mol. The summed E-state index contributed by atoms with van der Waals surface area (Å²) >= 11 is 0. The molecule has 1 N–H and O–H groups in total. The largest absolute Gasteiger partial charge is 0.435 e. The number of fused-ring (bicyclic) bond motifs is 2. The topological polar surface area (TPSA) is 92.3 Å². The lowest BCUT2D eigenvalue weighted by Crippen LogP contribution is -2.70. The normalized spacial score (nSPS) is 44.7. The molecule has 8 nitrogen and oxygen atoms in total. The van der Waals surface area contributed by atoms with Crippen LogP contribution in [-0.4, -0.2) is 41.9 Å². The molecule has 0 aromatic carbocycles. The first-order valence-corrected chi connectivity index (χ1v) is 11.9. The van der Waals surface area contributed by atoms with Crippen LogP contribution in [0.4, 0.5) is 0 Å². The summed E-state index contributed by atoms with van der Waals surface area (Å²) in [7, 11) is 0. The summed E-state index contributed by atoms with van der Waals surface area (Å²) in [6, 6.07) is 0.0921. The van der Waals surface area contributed by atoms with Crippen molar-refractivity contribution >= 4 is 11.9 Å². The third-order valence-electron chi connectivity index (χ3n) is 7.92. The highest BCUT2D eigenvalue weighted by Crippen LogP contribution is 2.60. The summed E-state index contributed by atoms with van der Waals surface area (Å²) in [5, 5.41) is 2.87. The Bertz CT molecular complexity index is 701. The van der Waals surface area contributed by atoms with Gasteiger partial charge in [0.15, 0.2) is 11.9 Å². The lowest BCUT2D eigenvalue weighted by molar-refractivity contribution is -0.576. The molecule has 4 aliphatic heterocycles. The van der Waals surface area contributed by atoms with Crippen molar-refractivity contribution in [3.05, 3.63) is 0 Å². The minimum absolute atomic E-state index is 0.0210. The van der Waals surface area contributed by atoms with Crippen LogP contribution in [-0.2, 0) is 33.6 Å². The molecule has 0 unspecified atom stereocenters. The number of rotatable bonds is 6. The van der Waals surface area contributed by atoms with Crippen molar-refractivity contribution in [2.45, 2.75) is 110 Å². The third-order valence-corrected chi connectivity index (χ3v) is 7.92. The summed E-state index contributed by atoms with van der Waals surface area (Å²) in [6.07, 6.45) is 3.31. The van der Waals surface area contributed by atoms with Gasteiger partial charge < -0.3 is 19.5 Å². The van der Waals surface area contributed by atoms with Crippen LogP contribution in [0.15, 0.2) is 0 Å². The lowest BCUT2D eigenvalue weighted by atomic mass is 9.58. The van der Waals surface area contributed by atoms with E-state index in [9.17, 15) is 9.59 Å². The number of carbonyl (C=O) groups excluding carboxylic acids is 2. The molecule has 1 amide bonds. The van der Waals surface area contributed by atoms with Gasteiger partial charge in [-0.1, -0.05) is 20.8 Å². The number of amides is 1. The molecular weight excluding hydrogens is 402 g/mol. The van der Waals surface area contributed by atoms with E-state index in [1.807, 2.05) is 27.7 Å². The van der Waals surface area contributed by atoms with Crippen LogP contribution >= 0.6 is 0 Å². The summed E-state index contributed by atoms with van der Waals surface area (Å²) in [5.41, 5.74) is -0.674. The van der Waals surface area contributed by atoms with Crippen LogP contribution < -0.4 is 5.32 Å². The highest BCUT2D eigenvalue weighted by atomic mass is 17.3. The Kier molecular flexibility index (Phi) is 6.38. The van der Waals surface area contributed by atoms with Crippen LogP contribution in [0.2, 0.25) is 0 Å². The minimum Gasteiger partial charge on any atom is -0.435 e. The van der Waals surface area contributed by atoms with E-state index in [4.69, 9.17) is 24.0 Å². The average molecular weight is 440 g/mol. The zero-order valence-electron chi connectivity index (χ0n) is 19.3. The minimum atomic E-state index is -0.860. The molecule has 31 heavy (non-hydrogen) atoms. The average Bonchev–Trinajstić information content (AvgIpc) is 2.96. The van der Waals surface area contributed by atoms with Gasteiger partial charge in [-0.15, -0.1) is 0 Å². The SMILES string of the molecule is CC[C@H](C)NC(=O)CCC(=O)O[C@@H]1O[C@H]2O[C@@]3(C)CC[C@H]4[C@H](C)CC[C@@H]([C@H]1C)[C@]24OO3. The number of esters is 1. The standard InChI is InChI=1S/C23H37NO7/c1-6-14(3)24-18(25)9-10-19(26)27-20-15(4)17-8-7-13(2)16-11-12-22(5)29-21(28-20)23(16,17)31-30-22/h13-17,20-21H,6-12H2,1-5H3,(H,24,25)/t13-,14+,15-,16+,17+,20-,21+,22-,23+/m1/s1. The van der Waals surface area contributed by atoms with Crippen molar-refractivity contribution in [3.8, 4) is 0 Å². The molecule has 176 valence electrons. The van der Waals surface area contributed by atoms with Crippen molar-refractivity contribution in [3.63, 3.8) is 0 Å². The number of nitrogens with one attached hydrogen (secondary N) is 1. The van der Waals surface area contributed by atoms with Gasteiger partial charge in [0, 0.05) is 30.7 Å². The predicted octanol–water partition coefficient (Wildman–Crippen LogP) is 3.43. The maximum absolute atomic E-state index is 12.5. The monoisotopic (exact) mass is 439 g/mol. The third kappa shape index (κ3) is 4.12. The molecule has 1 spiro atoms. The van der Waals surface area contributed by atoms with Crippen molar-refractivity contribution in [1.29, 1.82) is 0 Å². The molecule has 8 heteroatoms. The van der Waals surface area contributed by atoms with Crippen LogP contribution in [0.5, 0.6) is 0 Å². The zero-order valence-corrected chi connectivity index (χ0v) is 19.3. The van der Waals surface area contributed by atoms with Gasteiger partial charge in [-0.05, 0) is 51.4 Å². The number of hydrogen-bond acceptors (Lipinski definition) is 7. The first-order chi connectivity index (χ1) is 14.7. The van der Waals surface area contributed by atoms with E-state index in [1.165, 1.54) is 0 Å². The molecule has 0 aromatic heterocycles. The van der Waals surface area contributed by atoms with Gasteiger partial charge in [-0.3, -0.25) is 9.59 Å². The van der Waals surface area contributed by atoms with Crippen LogP contribution in [0.25, 0.3) is 0 Å². The molecule has 5 fully saturated rings. The van der Waals surface area contributed by atoms with Gasteiger partial charge in [0.25, 0.3) is 0 Å². The zero-order chi connectivity index (χ0) is 22.4. The highest BCUT2D eigenvalue weighted by molar-refractivity contribution is 5.81. The molecule has 0 aromatic rings. The Balaban J connectivity index is 1.44. The molecule has 5 aliphatic rings. The fraction of sp³-hybridized carbons (Fsp3) is 0.913. The lowest BCUT2D eigenvalue weighted by Gasteiger charge is -2.59. The van der Waals surface area contributed by atoms with E-state index in [-0.39, 0.29) is 42.5 Å². The molecule has 9 atom stereocenters. The maximum Gasteiger partial charge on any atom is 0.308 e. The molecule has 2 bridgehead atoms. The van der Waals surface area contributed by atoms with E-state index in [0.29, 0.717) is 5.92 Å². The quantitative estimate of drug-likeness (QED) is 0.501. The van der Waals surface area contributed by atoms with Gasteiger partial charge in [0.2, 0.25) is 18.0 Å². The van der Waals surface area contributed by atoms with Gasteiger partial charge in [0.1, 0.15) is 0 Å². The number of carbonyl (C=O) groups is 2. The van der Waals surface area contributed by atoms with E-state index < -0.39 is 29.9 Å². The summed E-state index contributed by atoms with van der Waals surface area (Å²) in [6.45, 7) is 10.1. The van der Waals surface area contributed by atoms with Crippen molar-refractivity contribution in [2.75, 3.05) is 0 Å². The Morgan fingerprint density at radius 3 is 2.65 bits per heavy atom. The molecule has 5 rings (SSSR count). The van der Waals surface area contributed by atoms with Gasteiger partial charge in [-0.2, -0.15) is 0 Å². The number of hydrogen-bond donors (Lipinski definition) is 1. The van der Waals surface area contributed by atoms with E-state index in [1.54, 1.807) is 0 Å². The fourth-order valence-corrected chi connectivity index (χ4v) is 5.86. The van der Waals surface area contributed by atoms with Gasteiger partial charge >= 0.3 is 5.97 Å². The van der Waals surface area contributed by atoms with Crippen LogP contribution in [0.1, 0.15) is 79.6 Å². The molecular formula is C23H37NO7. The molecule has 0 radical (unpaired) electrons. The van der Waals surface area contributed by atoms with E-state index in [0.717, 1.165) is 32.1 Å². The molecule has 4 saturated heterocycles. The second kappa shape index (κ2) is 8.61. The van der Waals surface area contributed by atoms with Crippen molar-refractivity contribution in [2.24, 2.45) is 23.7 Å². The second-order valence-electron chi connectivity index (χ2n) is 10.1. The Morgan fingerprint density at radius 1 is 1.13 bits per heavy atom. The van der Waals surface area contributed by atoms with Gasteiger partial charge in [-0.25, -0.2) is 9.78 Å². The van der Waals surface area contributed by atoms with E-state index in [2.05, 4.69) is 12.2 Å². The number of ether oxygens (including phenoxy) is 3. The Labute approximate surface area is 184 Å². The van der Waals surface area contributed by atoms with Crippen molar-refractivity contribution < 1.29 is 33.6 Å². The summed E-state index contributed by atoms with van der Waals surface area (Å²) in [5.74, 6) is -0.666. The second-order valence-corrected chi connectivity index (χ2v) is 10.1. The fourth-order valence-electron chi connectivity index (χ4n) is 5.86. The molecule has 4 heterocycles. The van der Waals surface area contributed by atoms with E-state index >= 15 is 0 Å². The first kappa shape index (κ1) is 23.0. The highest BCUT2D eigenvalue weighted by Gasteiger charge is 2.69. The first-order valence-electron chi connectivity index (χ1n) is 11.9. The van der Waals surface area contributed by atoms with Gasteiger partial charge in [0.05, 0.1) is 6.42 Å².